The lowest BCUT2D eigenvalue weighted by atomic mass is 10.0. The van der Waals surface area contributed by atoms with Crippen LogP contribution in [-0.4, -0.2) is 13.2 Å². The van der Waals surface area contributed by atoms with Crippen LogP contribution in [0.2, 0.25) is 0 Å². The van der Waals surface area contributed by atoms with Gasteiger partial charge in [0.1, 0.15) is 11.6 Å². The Balaban J connectivity index is 1.97. The second-order valence-corrected chi connectivity index (χ2v) is 10.4. The van der Waals surface area contributed by atoms with Crippen LogP contribution in [0.3, 0.4) is 0 Å². The average molecular weight is 493 g/mol. The lowest BCUT2D eigenvalue weighted by Crippen LogP contribution is -2.17. The fourth-order valence-corrected chi connectivity index (χ4v) is 6.15. The van der Waals surface area contributed by atoms with Crippen LogP contribution < -0.4 is 9.77 Å². The minimum atomic E-state index is -4.08. The van der Waals surface area contributed by atoms with Crippen LogP contribution in [0.4, 0.5) is 4.39 Å². The Morgan fingerprint density at radius 1 is 0.818 bits per heavy atom. The molecule has 0 amide bonds. The molecule has 0 spiro atoms. The third-order valence-electron chi connectivity index (χ3n) is 4.40. The van der Waals surface area contributed by atoms with E-state index in [2.05, 4.69) is 5.25 Å². The molecule has 176 valence electrons. The maximum Gasteiger partial charge on any atom is 0.429 e. The van der Waals surface area contributed by atoms with Gasteiger partial charge < -0.3 is 4.52 Å². The molecule has 1 unspecified atom stereocenters. The van der Waals surface area contributed by atoms with Crippen LogP contribution in [0.1, 0.15) is 19.4 Å². The molecule has 3 aromatic rings. The van der Waals surface area contributed by atoms with E-state index in [1.54, 1.807) is 74.5 Å². The molecule has 0 aliphatic heterocycles. The second kappa shape index (κ2) is 11.7. The first-order valence-electron chi connectivity index (χ1n) is 10.4. The monoisotopic (exact) mass is 493 g/mol. The summed E-state index contributed by atoms with van der Waals surface area (Å²) in [6.45, 7) is 3.40. The predicted molar refractivity (Wildman–Crippen MR) is 125 cm³/mol. The minimum absolute atomic E-state index is 0.0690. The third kappa shape index (κ3) is 7.08. The Bertz CT molecular complexity index is 1120. The summed E-state index contributed by atoms with van der Waals surface area (Å²) in [6.07, 6.45) is -0.310. The van der Waals surface area contributed by atoms with Gasteiger partial charge >= 0.3 is 15.3 Å². The van der Waals surface area contributed by atoms with E-state index >= 15 is 0 Å². The molecule has 0 saturated carbocycles. The van der Waals surface area contributed by atoms with Crippen LogP contribution >= 0.6 is 15.3 Å². The van der Waals surface area contributed by atoms with Crippen molar-refractivity contribution < 1.29 is 31.7 Å². The van der Waals surface area contributed by atoms with Crippen molar-refractivity contribution in [2.75, 3.05) is 13.2 Å². The lowest BCUT2D eigenvalue weighted by molar-refractivity contribution is 0.144. The SMILES string of the molecule is CCOP(=O)(NOP(=O)(Cc1cccc(F)c1-c1ccccc1)Oc1ccccc1)OCC. The Labute approximate surface area is 192 Å². The smallest absolute Gasteiger partial charge is 0.423 e. The van der Waals surface area contributed by atoms with Crippen molar-refractivity contribution in [1.29, 1.82) is 0 Å². The number of rotatable bonds is 12. The number of para-hydroxylation sites is 1. The molecule has 0 fully saturated rings. The molecule has 1 atom stereocenters. The molecule has 0 heterocycles. The van der Waals surface area contributed by atoms with Gasteiger partial charge in [-0.3, -0.25) is 9.05 Å². The summed E-state index contributed by atoms with van der Waals surface area (Å²) in [6, 6.07) is 21.8. The highest BCUT2D eigenvalue weighted by Gasteiger charge is 2.35. The zero-order valence-electron chi connectivity index (χ0n) is 18.3. The van der Waals surface area contributed by atoms with Crippen molar-refractivity contribution >= 4 is 15.3 Å². The fourth-order valence-electron chi connectivity index (χ4n) is 3.10. The Hall–Kier alpha value is -2.31. The van der Waals surface area contributed by atoms with Gasteiger partial charge in [-0.1, -0.05) is 65.9 Å². The van der Waals surface area contributed by atoms with E-state index in [0.717, 1.165) is 0 Å². The van der Waals surface area contributed by atoms with Crippen LogP contribution in [-0.2, 0) is 29.0 Å². The van der Waals surface area contributed by atoms with Crippen LogP contribution in [0, 0.1) is 5.82 Å². The molecular weight excluding hydrogens is 467 g/mol. The standard InChI is InChI=1S/C23H26FNO6P2/c1-3-28-33(27,29-4-2)25-31-32(26,30-21-15-9-6-10-16-21)18-20-14-11-17-22(24)23(20)19-12-7-5-8-13-19/h5-17H,3-4,18H2,1-2H3,(H,25,27). The van der Waals surface area contributed by atoms with E-state index in [9.17, 15) is 13.5 Å². The van der Waals surface area contributed by atoms with Crippen molar-refractivity contribution in [2.45, 2.75) is 20.0 Å². The molecule has 3 aromatic carbocycles. The van der Waals surface area contributed by atoms with Crippen molar-refractivity contribution in [3.63, 3.8) is 0 Å². The lowest BCUT2D eigenvalue weighted by Gasteiger charge is -2.23. The zero-order chi connectivity index (χ0) is 23.7. The number of hydrogen-bond acceptors (Lipinski definition) is 6. The molecule has 0 radical (unpaired) electrons. The molecule has 33 heavy (non-hydrogen) atoms. The van der Waals surface area contributed by atoms with Gasteiger partial charge in [-0.05, 0) is 43.2 Å². The molecule has 0 saturated heterocycles. The molecule has 0 aliphatic rings. The van der Waals surface area contributed by atoms with Gasteiger partial charge in [-0.25, -0.2) is 18.1 Å². The van der Waals surface area contributed by atoms with Crippen LogP contribution in [0.5, 0.6) is 5.75 Å². The summed E-state index contributed by atoms with van der Waals surface area (Å²) in [5.41, 5.74) is 1.28. The van der Waals surface area contributed by atoms with Crippen molar-refractivity contribution in [1.82, 2.24) is 5.25 Å². The molecule has 7 nitrogen and oxygen atoms in total. The normalized spacial score (nSPS) is 13.4. The topological polar surface area (TPSA) is 83.1 Å². The highest BCUT2D eigenvalue weighted by molar-refractivity contribution is 7.55. The largest absolute Gasteiger partial charge is 0.429 e. The molecule has 0 aromatic heterocycles. The van der Waals surface area contributed by atoms with Gasteiger partial charge in [-0.15, -0.1) is 0 Å². The fraction of sp³-hybridized carbons (Fsp3) is 0.217. The molecular formula is C23H26FNO6P2. The van der Waals surface area contributed by atoms with E-state index in [-0.39, 0.29) is 30.7 Å². The highest BCUT2D eigenvalue weighted by atomic mass is 31.2. The molecule has 1 N–H and O–H groups in total. The quantitative estimate of drug-likeness (QED) is 0.216. The van der Waals surface area contributed by atoms with Crippen LogP contribution in [0.15, 0.2) is 78.9 Å². The summed E-state index contributed by atoms with van der Waals surface area (Å²) in [4.78, 5) is 0. The number of hydrogen-bond donors (Lipinski definition) is 1. The van der Waals surface area contributed by atoms with Gasteiger partial charge in [-0.2, -0.15) is 0 Å². The van der Waals surface area contributed by atoms with Gasteiger partial charge in [0, 0.05) is 5.56 Å². The summed E-state index contributed by atoms with van der Waals surface area (Å²) in [7, 11) is -7.99. The second-order valence-electron chi connectivity index (χ2n) is 6.83. The first-order valence-corrected chi connectivity index (χ1v) is 13.7. The Morgan fingerprint density at radius 2 is 1.42 bits per heavy atom. The Kier molecular flexibility index (Phi) is 8.98. The number of benzene rings is 3. The summed E-state index contributed by atoms with van der Waals surface area (Å²) in [5, 5.41) is 2.18. The maximum absolute atomic E-state index is 14.8. The summed E-state index contributed by atoms with van der Waals surface area (Å²) >= 11 is 0. The van der Waals surface area contributed by atoms with E-state index in [1.165, 1.54) is 12.1 Å². The maximum atomic E-state index is 14.8. The van der Waals surface area contributed by atoms with Crippen molar-refractivity contribution in [2.24, 2.45) is 0 Å². The van der Waals surface area contributed by atoms with E-state index in [4.69, 9.17) is 18.2 Å². The van der Waals surface area contributed by atoms with Gasteiger partial charge in [0.2, 0.25) is 0 Å². The van der Waals surface area contributed by atoms with E-state index in [0.29, 0.717) is 11.1 Å². The molecule has 3 rings (SSSR count). The van der Waals surface area contributed by atoms with Gasteiger partial charge in [0.25, 0.3) is 0 Å². The van der Waals surface area contributed by atoms with Gasteiger partial charge in [0.05, 0.1) is 19.4 Å². The third-order valence-corrected chi connectivity index (χ3v) is 7.65. The van der Waals surface area contributed by atoms with E-state index < -0.39 is 21.2 Å². The summed E-state index contributed by atoms with van der Waals surface area (Å²) in [5.74, 6) is -0.213. The number of halogens is 1. The predicted octanol–water partition coefficient (Wildman–Crippen LogP) is 6.97. The first kappa shape index (κ1) is 25.3. The van der Waals surface area contributed by atoms with Crippen molar-refractivity contribution in [3.05, 3.63) is 90.2 Å². The molecule has 0 aliphatic carbocycles. The zero-order valence-corrected chi connectivity index (χ0v) is 20.1. The number of nitrogens with one attached hydrogen (secondary N) is 1. The van der Waals surface area contributed by atoms with Gasteiger partial charge in [0.15, 0.2) is 0 Å². The molecule has 10 heteroatoms. The average Bonchev–Trinajstić information content (AvgIpc) is 2.80. The van der Waals surface area contributed by atoms with E-state index in [1.807, 2.05) is 6.07 Å². The van der Waals surface area contributed by atoms with Crippen molar-refractivity contribution in [3.8, 4) is 16.9 Å². The molecule has 0 bridgehead atoms. The van der Waals surface area contributed by atoms with Crippen LogP contribution in [0.25, 0.3) is 11.1 Å². The highest BCUT2D eigenvalue weighted by Crippen LogP contribution is 2.55. The Morgan fingerprint density at radius 3 is 2.03 bits per heavy atom. The first-order chi connectivity index (χ1) is 15.9. The minimum Gasteiger partial charge on any atom is -0.423 e. The summed E-state index contributed by atoms with van der Waals surface area (Å²) < 4.78 is 62.8.